The number of anilines is 1. The Kier molecular flexibility index (Phi) is 5.24. The minimum absolute atomic E-state index is 0.121. The van der Waals surface area contributed by atoms with Crippen molar-refractivity contribution in [3.63, 3.8) is 0 Å². The van der Waals surface area contributed by atoms with Crippen molar-refractivity contribution in [3.8, 4) is 0 Å². The molecule has 1 aliphatic heterocycles. The van der Waals surface area contributed by atoms with Crippen LogP contribution in [-0.2, 0) is 11.2 Å². The van der Waals surface area contributed by atoms with Gasteiger partial charge in [-0.25, -0.2) is 9.78 Å². The first-order valence-electron chi connectivity index (χ1n) is 8.04. The zero-order valence-electron chi connectivity index (χ0n) is 13.5. The molecule has 24 heavy (non-hydrogen) atoms. The predicted octanol–water partition coefficient (Wildman–Crippen LogP) is 3.17. The molecule has 0 atom stereocenters. The summed E-state index contributed by atoms with van der Waals surface area (Å²) in [5, 5.41) is 16.6. The van der Waals surface area contributed by atoms with E-state index >= 15 is 0 Å². The number of hydrogen-bond donors (Lipinski definition) is 2. The molecular weight excluding hydrogens is 328 g/mol. The molecule has 0 aromatic carbocycles. The Morgan fingerprint density at radius 3 is 2.88 bits per heavy atom. The standard InChI is InChI=1S/C16H20N4O3S/c1-2-13-17-16(19-18-13)24-12(15(21)22)10-11-6-7-14(23-11)20-8-4-3-5-9-20/h6-7,10H,2-5,8-9H2,1H3,(H,21,22)(H,17,18,19)/b12-10+. The van der Waals surface area contributed by atoms with Crippen LogP contribution in [0.5, 0.6) is 0 Å². The van der Waals surface area contributed by atoms with Crippen LogP contribution in [0.3, 0.4) is 0 Å². The Hall–Kier alpha value is -2.22. The predicted molar refractivity (Wildman–Crippen MR) is 92.0 cm³/mol. The quantitative estimate of drug-likeness (QED) is 0.611. The van der Waals surface area contributed by atoms with Crippen LogP contribution in [0.4, 0.5) is 5.88 Å². The molecule has 8 heteroatoms. The van der Waals surface area contributed by atoms with Crippen LogP contribution in [0.15, 0.2) is 26.6 Å². The maximum absolute atomic E-state index is 11.5. The van der Waals surface area contributed by atoms with Gasteiger partial charge in [0.1, 0.15) is 16.5 Å². The van der Waals surface area contributed by atoms with Crippen LogP contribution in [0.2, 0.25) is 0 Å². The molecule has 1 saturated heterocycles. The van der Waals surface area contributed by atoms with Gasteiger partial charge in [-0.2, -0.15) is 0 Å². The van der Waals surface area contributed by atoms with Crippen LogP contribution in [0.25, 0.3) is 6.08 Å². The van der Waals surface area contributed by atoms with Gasteiger partial charge in [0.15, 0.2) is 5.88 Å². The van der Waals surface area contributed by atoms with Gasteiger partial charge in [0.2, 0.25) is 5.16 Å². The zero-order valence-corrected chi connectivity index (χ0v) is 14.3. The number of rotatable bonds is 6. The van der Waals surface area contributed by atoms with E-state index < -0.39 is 5.97 Å². The molecule has 0 radical (unpaired) electrons. The molecule has 2 aromatic rings. The van der Waals surface area contributed by atoms with Crippen molar-refractivity contribution in [1.82, 2.24) is 15.2 Å². The summed E-state index contributed by atoms with van der Waals surface area (Å²) in [6.45, 7) is 3.91. The number of aromatic amines is 1. The third kappa shape index (κ3) is 4.00. The van der Waals surface area contributed by atoms with Crippen molar-refractivity contribution < 1.29 is 14.3 Å². The van der Waals surface area contributed by atoms with E-state index in [0.29, 0.717) is 10.9 Å². The van der Waals surface area contributed by atoms with Gasteiger partial charge in [-0.1, -0.05) is 6.92 Å². The van der Waals surface area contributed by atoms with Crippen molar-refractivity contribution in [1.29, 1.82) is 0 Å². The van der Waals surface area contributed by atoms with Crippen molar-refractivity contribution in [2.45, 2.75) is 37.8 Å². The zero-order chi connectivity index (χ0) is 16.9. The Morgan fingerprint density at radius 1 is 1.42 bits per heavy atom. The fourth-order valence-electron chi connectivity index (χ4n) is 2.55. The molecule has 1 aliphatic rings. The van der Waals surface area contributed by atoms with Crippen LogP contribution < -0.4 is 4.90 Å². The minimum Gasteiger partial charge on any atom is -0.477 e. The average molecular weight is 348 g/mol. The highest BCUT2D eigenvalue weighted by Gasteiger charge is 2.17. The van der Waals surface area contributed by atoms with E-state index in [9.17, 15) is 9.90 Å². The molecule has 0 aliphatic carbocycles. The van der Waals surface area contributed by atoms with E-state index in [-0.39, 0.29) is 4.91 Å². The van der Waals surface area contributed by atoms with Crippen molar-refractivity contribution in [2.75, 3.05) is 18.0 Å². The second-order valence-electron chi connectivity index (χ2n) is 5.56. The molecule has 0 spiro atoms. The number of carbonyl (C=O) groups is 1. The summed E-state index contributed by atoms with van der Waals surface area (Å²) in [7, 11) is 0. The number of H-pyrrole nitrogens is 1. The number of furan rings is 1. The number of carboxylic acids is 1. The van der Waals surface area contributed by atoms with Gasteiger partial charge in [-0.15, -0.1) is 5.10 Å². The number of aromatic nitrogens is 3. The fourth-order valence-corrected chi connectivity index (χ4v) is 3.25. The van der Waals surface area contributed by atoms with E-state index in [1.165, 1.54) is 12.5 Å². The summed E-state index contributed by atoms with van der Waals surface area (Å²) in [6, 6.07) is 3.69. The number of carboxylic acid groups (broad SMARTS) is 1. The van der Waals surface area contributed by atoms with E-state index in [1.54, 1.807) is 6.07 Å². The third-order valence-electron chi connectivity index (χ3n) is 3.81. The fraction of sp³-hybridized carbons (Fsp3) is 0.438. The van der Waals surface area contributed by atoms with Gasteiger partial charge in [0.05, 0.1) is 0 Å². The Balaban J connectivity index is 1.75. The highest BCUT2D eigenvalue weighted by Crippen LogP contribution is 2.28. The molecule has 3 rings (SSSR count). The van der Waals surface area contributed by atoms with E-state index in [2.05, 4.69) is 20.1 Å². The van der Waals surface area contributed by atoms with Crippen LogP contribution in [-0.4, -0.2) is 39.3 Å². The smallest absolute Gasteiger partial charge is 0.342 e. The molecule has 0 saturated carbocycles. The normalized spacial score (nSPS) is 15.7. The number of nitrogens with zero attached hydrogens (tertiary/aromatic N) is 3. The molecule has 2 aromatic heterocycles. The molecule has 0 unspecified atom stereocenters. The molecule has 0 amide bonds. The lowest BCUT2D eigenvalue weighted by Gasteiger charge is -2.25. The molecule has 1 fully saturated rings. The summed E-state index contributed by atoms with van der Waals surface area (Å²) >= 11 is 1.01. The first-order valence-corrected chi connectivity index (χ1v) is 8.86. The highest BCUT2D eigenvalue weighted by atomic mass is 32.2. The molecule has 128 valence electrons. The summed E-state index contributed by atoms with van der Waals surface area (Å²) < 4.78 is 5.79. The summed E-state index contributed by atoms with van der Waals surface area (Å²) in [4.78, 5) is 18.0. The van der Waals surface area contributed by atoms with Crippen LogP contribution >= 0.6 is 11.8 Å². The van der Waals surface area contributed by atoms with Gasteiger partial charge >= 0.3 is 5.97 Å². The van der Waals surface area contributed by atoms with Crippen molar-refractivity contribution >= 4 is 29.7 Å². The number of aliphatic carboxylic acids is 1. The summed E-state index contributed by atoms with van der Waals surface area (Å²) in [6.07, 6.45) is 5.80. The van der Waals surface area contributed by atoms with Crippen molar-refractivity contribution in [2.24, 2.45) is 0 Å². The lowest BCUT2D eigenvalue weighted by molar-refractivity contribution is -0.131. The first-order chi connectivity index (χ1) is 11.7. The maximum Gasteiger partial charge on any atom is 0.342 e. The summed E-state index contributed by atoms with van der Waals surface area (Å²) in [5.41, 5.74) is 0. The molecule has 7 nitrogen and oxygen atoms in total. The maximum atomic E-state index is 11.5. The van der Waals surface area contributed by atoms with Gasteiger partial charge in [0.25, 0.3) is 0 Å². The van der Waals surface area contributed by atoms with E-state index in [0.717, 1.165) is 55.8 Å². The minimum atomic E-state index is -1.03. The van der Waals surface area contributed by atoms with Crippen molar-refractivity contribution in [3.05, 3.63) is 28.6 Å². The van der Waals surface area contributed by atoms with Crippen LogP contribution in [0.1, 0.15) is 37.8 Å². The van der Waals surface area contributed by atoms with E-state index in [4.69, 9.17) is 4.42 Å². The topological polar surface area (TPSA) is 95.2 Å². The van der Waals surface area contributed by atoms with Gasteiger partial charge in [-0.05, 0) is 37.1 Å². The molecular formula is C16H20N4O3S. The van der Waals surface area contributed by atoms with E-state index in [1.807, 2.05) is 13.0 Å². The lowest BCUT2D eigenvalue weighted by atomic mass is 10.1. The molecule has 2 N–H and O–H groups in total. The Bertz CT molecular complexity index is 731. The van der Waals surface area contributed by atoms with Crippen LogP contribution in [0, 0.1) is 0 Å². The molecule has 0 bridgehead atoms. The number of hydrogen-bond acceptors (Lipinski definition) is 6. The number of piperidine rings is 1. The first kappa shape index (κ1) is 16.6. The van der Waals surface area contributed by atoms with Gasteiger partial charge < -0.3 is 14.4 Å². The SMILES string of the molecule is CCc1nc(S/C(=C/c2ccc(N3CCCCC3)o2)C(=O)O)n[nH]1. The average Bonchev–Trinajstić information content (AvgIpc) is 3.24. The summed E-state index contributed by atoms with van der Waals surface area (Å²) in [5.74, 6) is 1.01. The second kappa shape index (κ2) is 7.57. The monoisotopic (exact) mass is 348 g/mol. The second-order valence-corrected chi connectivity index (χ2v) is 6.57. The lowest BCUT2D eigenvalue weighted by Crippen LogP contribution is -2.28. The largest absolute Gasteiger partial charge is 0.477 e. The molecule has 3 heterocycles. The number of thioether (sulfide) groups is 1. The van der Waals surface area contributed by atoms with Gasteiger partial charge in [0, 0.05) is 31.7 Å². The third-order valence-corrected chi connectivity index (χ3v) is 4.69. The van der Waals surface area contributed by atoms with Gasteiger partial charge in [-0.3, -0.25) is 5.10 Å². The Morgan fingerprint density at radius 2 is 2.21 bits per heavy atom. The highest BCUT2D eigenvalue weighted by molar-refractivity contribution is 8.04. The number of aryl methyl sites for hydroxylation is 1. The Labute approximate surface area is 144 Å². The number of nitrogens with one attached hydrogen (secondary N) is 1.